The number of hydrogen-bond acceptors (Lipinski definition) is 6. The van der Waals surface area contributed by atoms with Gasteiger partial charge in [-0.05, 0) is 12.8 Å². The first kappa shape index (κ1) is 40.5. The Hall–Kier alpha value is -0.500. The van der Waals surface area contributed by atoms with Crippen LogP contribution in [0.1, 0.15) is 168 Å². The van der Waals surface area contributed by atoms with Crippen LogP contribution in [0.3, 0.4) is 0 Å². The van der Waals surface area contributed by atoms with Crippen molar-refractivity contribution in [3.63, 3.8) is 0 Å². The van der Waals surface area contributed by atoms with E-state index in [4.69, 9.17) is 14.8 Å². The molecule has 0 spiro atoms. The number of nitrogens with one attached hydrogen (secondary N) is 1. The second kappa shape index (κ2) is 29.6. The Morgan fingerprint density at radius 1 is 0.707 bits per heavy atom. The number of rotatable bonds is 32. The molecule has 0 aliphatic carbocycles. The number of carbonyl (C=O) groups excluding carboxylic acids is 1. The third-order valence-electron chi connectivity index (χ3n) is 7.71. The zero-order valence-corrected chi connectivity index (χ0v) is 27.7. The molecule has 246 valence electrons. The standard InChI is InChI=1S/C32H67N2O6P/c1-3-5-7-9-11-13-14-15-16-18-19-21-23-25-31(35)30(29-40-41(37,38)39-28-27-33)34-32(36)26-24-22-20-17-12-10-8-6-4-2/h30-31,35H,3-29,33H2,1-2H3,(H,34,36)(H,37,38). The summed E-state index contributed by atoms with van der Waals surface area (Å²) < 4.78 is 22.0. The van der Waals surface area contributed by atoms with Gasteiger partial charge in [0, 0.05) is 13.0 Å². The Morgan fingerprint density at radius 2 is 1.12 bits per heavy atom. The van der Waals surface area contributed by atoms with Crippen LogP contribution in [0.2, 0.25) is 0 Å². The van der Waals surface area contributed by atoms with Crippen LogP contribution in [-0.2, 0) is 18.4 Å². The van der Waals surface area contributed by atoms with Gasteiger partial charge in [-0.3, -0.25) is 13.8 Å². The van der Waals surface area contributed by atoms with E-state index in [2.05, 4.69) is 19.2 Å². The van der Waals surface area contributed by atoms with Gasteiger partial charge in [-0.1, -0.05) is 149 Å². The molecule has 8 nitrogen and oxygen atoms in total. The molecular weight excluding hydrogens is 539 g/mol. The van der Waals surface area contributed by atoms with Crippen molar-refractivity contribution >= 4 is 13.7 Å². The van der Waals surface area contributed by atoms with Crippen molar-refractivity contribution in [2.45, 2.75) is 180 Å². The Kier molecular flexibility index (Phi) is 29.2. The summed E-state index contributed by atoms with van der Waals surface area (Å²) in [6, 6.07) is -0.764. The first-order valence-electron chi connectivity index (χ1n) is 17.2. The molecule has 0 fully saturated rings. The normalized spacial score (nSPS) is 14.6. The average Bonchev–Trinajstić information content (AvgIpc) is 2.95. The molecule has 0 aliphatic rings. The number of aliphatic hydroxyl groups excluding tert-OH is 1. The van der Waals surface area contributed by atoms with Crippen molar-refractivity contribution in [1.82, 2.24) is 5.32 Å². The van der Waals surface area contributed by atoms with Crippen LogP contribution in [0.4, 0.5) is 0 Å². The van der Waals surface area contributed by atoms with Gasteiger partial charge in [0.05, 0.1) is 25.4 Å². The summed E-state index contributed by atoms with van der Waals surface area (Å²) in [5, 5.41) is 13.7. The predicted molar refractivity (Wildman–Crippen MR) is 171 cm³/mol. The van der Waals surface area contributed by atoms with Gasteiger partial charge >= 0.3 is 7.82 Å². The molecule has 0 bridgehead atoms. The summed E-state index contributed by atoms with van der Waals surface area (Å²) in [5.74, 6) is -0.165. The largest absolute Gasteiger partial charge is 0.472 e. The van der Waals surface area contributed by atoms with Crippen molar-refractivity contribution in [3.05, 3.63) is 0 Å². The third-order valence-corrected chi connectivity index (χ3v) is 8.70. The van der Waals surface area contributed by atoms with Crippen LogP contribution in [-0.4, -0.2) is 47.8 Å². The van der Waals surface area contributed by atoms with E-state index in [1.165, 1.54) is 103 Å². The molecule has 0 radical (unpaired) electrons. The zero-order valence-electron chi connectivity index (χ0n) is 26.8. The minimum Gasteiger partial charge on any atom is -0.391 e. The summed E-state index contributed by atoms with van der Waals surface area (Å²) in [6.45, 7) is 4.17. The lowest BCUT2D eigenvalue weighted by atomic mass is 10.0. The molecule has 0 aromatic carbocycles. The van der Waals surface area contributed by atoms with Gasteiger partial charge in [-0.15, -0.1) is 0 Å². The lowest BCUT2D eigenvalue weighted by Crippen LogP contribution is -2.46. The van der Waals surface area contributed by atoms with Gasteiger partial charge in [-0.2, -0.15) is 0 Å². The number of aliphatic hydroxyl groups is 1. The van der Waals surface area contributed by atoms with Crippen LogP contribution in [0.5, 0.6) is 0 Å². The van der Waals surface area contributed by atoms with Crippen LogP contribution in [0.15, 0.2) is 0 Å². The molecular formula is C32H67N2O6P. The van der Waals surface area contributed by atoms with Gasteiger partial charge in [-0.25, -0.2) is 4.57 Å². The van der Waals surface area contributed by atoms with E-state index < -0.39 is 20.0 Å². The third kappa shape index (κ3) is 28.1. The van der Waals surface area contributed by atoms with E-state index >= 15 is 0 Å². The maximum Gasteiger partial charge on any atom is 0.472 e. The fourth-order valence-corrected chi connectivity index (χ4v) is 5.84. The van der Waals surface area contributed by atoms with E-state index in [-0.39, 0.29) is 25.7 Å². The van der Waals surface area contributed by atoms with Gasteiger partial charge in [0.1, 0.15) is 0 Å². The quantitative estimate of drug-likeness (QED) is 0.0447. The van der Waals surface area contributed by atoms with Gasteiger partial charge in [0.15, 0.2) is 0 Å². The molecule has 0 aliphatic heterocycles. The van der Waals surface area contributed by atoms with Crippen molar-refractivity contribution in [3.8, 4) is 0 Å². The summed E-state index contributed by atoms with van der Waals surface area (Å²) in [4.78, 5) is 22.5. The minimum atomic E-state index is -4.29. The summed E-state index contributed by atoms with van der Waals surface area (Å²) >= 11 is 0. The first-order valence-corrected chi connectivity index (χ1v) is 18.6. The number of carbonyl (C=O) groups is 1. The SMILES string of the molecule is CCCCCCCCCCCCCCCC(O)C(COP(=O)(O)OCCN)NC(=O)CCCCCCCCCCC. The maximum absolute atomic E-state index is 12.6. The molecule has 0 saturated heterocycles. The topological polar surface area (TPSA) is 131 Å². The highest BCUT2D eigenvalue weighted by Crippen LogP contribution is 2.43. The van der Waals surface area contributed by atoms with Gasteiger partial charge in [0.2, 0.25) is 5.91 Å². The Morgan fingerprint density at radius 3 is 1.56 bits per heavy atom. The van der Waals surface area contributed by atoms with Crippen molar-refractivity contribution in [2.24, 2.45) is 5.73 Å². The van der Waals surface area contributed by atoms with Crippen molar-refractivity contribution in [2.75, 3.05) is 19.8 Å². The fourth-order valence-electron chi connectivity index (χ4n) is 5.08. The van der Waals surface area contributed by atoms with E-state index in [0.717, 1.165) is 38.5 Å². The van der Waals surface area contributed by atoms with Crippen molar-refractivity contribution in [1.29, 1.82) is 0 Å². The monoisotopic (exact) mass is 606 g/mol. The molecule has 3 atom stereocenters. The predicted octanol–water partition coefficient (Wildman–Crippen LogP) is 8.33. The number of phosphoric acid groups is 1. The number of phosphoric ester groups is 1. The second-order valence-corrected chi connectivity index (χ2v) is 13.2. The minimum absolute atomic E-state index is 0.0918. The second-order valence-electron chi connectivity index (χ2n) is 11.7. The number of nitrogens with two attached hydrogens (primary N) is 1. The van der Waals surface area contributed by atoms with Crippen molar-refractivity contribution < 1.29 is 28.4 Å². The smallest absolute Gasteiger partial charge is 0.391 e. The molecule has 0 aromatic rings. The zero-order chi connectivity index (χ0) is 30.4. The maximum atomic E-state index is 12.6. The molecule has 41 heavy (non-hydrogen) atoms. The van der Waals surface area contributed by atoms with E-state index in [9.17, 15) is 19.4 Å². The fraction of sp³-hybridized carbons (Fsp3) is 0.969. The molecule has 9 heteroatoms. The highest BCUT2D eigenvalue weighted by atomic mass is 31.2. The highest BCUT2D eigenvalue weighted by Gasteiger charge is 2.27. The summed E-state index contributed by atoms with van der Waals surface area (Å²) in [5.41, 5.74) is 5.34. The Labute approximate surface area is 252 Å². The molecule has 3 unspecified atom stereocenters. The van der Waals surface area contributed by atoms with E-state index in [1.807, 2.05) is 0 Å². The number of hydrogen-bond donors (Lipinski definition) is 4. The van der Waals surface area contributed by atoms with Crippen LogP contribution >= 0.6 is 7.82 Å². The Bertz CT molecular complexity index is 625. The number of amides is 1. The lowest BCUT2D eigenvalue weighted by molar-refractivity contribution is -0.123. The molecule has 5 N–H and O–H groups in total. The lowest BCUT2D eigenvalue weighted by Gasteiger charge is -2.25. The molecule has 0 heterocycles. The molecule has 0 saturated carbocycles. The molecule has 0 rings (SSSR count). The summed E-state index contributed by atoms with van der Waals surface area (Å²) in [7, 11) is -4.29. The average molecular weight is 607 g/mol. The molecule has 0 aromatic heterocycles. The molecule has 1 amide bonds. The van der Waals surface area contributed by atoms with Crippen LogP contribution in [0, 0.1) is 0 Å². The first-order chi connectivity index (χ1) is 19.9. The van der Waals surface area contributed by atoms with Crippen LogP contribution in [0.25, 0.3) is 0 Å². The van der Waals surface area contributed by atoms with Gasteiger partial charge in [0.25, 0.3) is 0 Å². The van der Waals surface area contributed by atoms with E-state index in [1.54, 1.807) is 0 Å². The van der Waals surface area contributed by atoms with Crippen LogP contribution < -0.4 is 11.1 Å². The van der Waals surface area contributed by atoms with E-state index in [0.29, 0.717) is 12.8 Å². The summed E-state index contributed by atoms with van der Waals surface area (Å²) in [6.07, 6.45) is 26.8. The number of unbranched alkanes of at least 4 members (excludes halogenated alkanes) is 20. The Balaban J connectivity index is 4.29. The van der Waals surface area contributed by atoms with Gasteiger partial charge < -0.3 is 21.1 Å². The highest BCUT2D eigenvalue weighted by molar-refractivity contribution is 7.47.